The maximum Gasteiger partial charge on any atom is 0.160 e. The van der Waals surface area contributed by atoms with E-state index in [1.165, 1.54) is 16.5 Å². The Balaban J connectivity index is 1.13. The van der Waals surface area contributed by atoms with Crippen LogP contribution in [0.15, 0.2) is 212 Å². The monoisotopic (exact) mass is 713 g/mol. The number of hydrogen-bond donors (Lipinski definition) is 0. The predicted molar refractivity (Wildman–Crippen MR) is 233 cm³/mol. The normalized spacial score (nSPS) is 11.2. The molecule has 8 aromatic carbocycles. The summed E-state index contributed by atoms with van der Waals surface area (Å²) in [6, 6.07) is 74.5. The zero-order valence-corrected chi connectivity index (χ0v) is 30.5. The zero-order chi connectivity index (χ0) is 37.3. The minimum absolute atomic E-state index is 0.690. The SMILES string of the molecule is c1ccc(-c2cccc(-c3nc(-c4ccccc4)cc(-c4cccc(-c5ccc6nc(-c7ccccc7)c7cccc(-c8ccccc8)c7c6c5)c4)n3)c2)cc1. The maximum atomic E-state index is 5.29. The lowest BCUT2D eigenvalue weighted by Crippen LogP contribution is -1.96. The van der Waals surface area contributed by atoms with E-state index in [1.807, 2.05) is 12.1 Å². The summed E-state index contributed by atoms with van der Waals surface area (Å²) in [5.41, 5.74) is 14.7. The van der Waals surface area contributed by atoms with E-state index in [4.69, 9.17) is 15.0 Å². The van der Waals surface area contributed by atoms with Crippen LogP contribution in [-0.2, 0) is 0 Å². The summed E-state index contributed by atoms with van der Waals surface area (Å²) in [4.78, 5) is 15.6. The Morgan fingerprint density at radius 2 is 0.768 bits per heavy atom. The number of fused-ring (bicyclic) bond motifs is 3. The molecule has 0 aliphatic rings. The Morgan fingerprint density at radius 3 is 1.46 bits per heavy atom. The van der Waals surface area contributed by atoms with Crippen LogP contribution in [0.5, 0.6) is 0 Å². The molecule has 10 rings (SSSR count). The van der Waals surface area contributed by atoms with E-state index in [1.54, 1.807) is 0 Å². The van der Waals surface area contributed by atoms with Crippen LogP contribution in [0.2, 0.25) is 0 Å². The van der Waals surface area contributed by atoms with Gasteiger partial charge < -0.3 is 0 Å². The second kappa shape index (κ2) is 14.4. The first-order valence-electron chi connectivity index (χ1n) is 18.9. The van der Waals surface area contributed by atoms with Gasteiger partial charge in [0, 0.05) is 38.4 Å². The van der Waals surface area contributed by atoms with E-state index >= 15 is 0 Å². The molecule has 56 heavy (non-hydrogen) atoms. The van der Waals surface area contributed by atoms with E-state index in [-0.39, 0.29) is 0 Å². The van der Waals surface area contributed by atoms with Gasteiger partial charge in [0.05, 0.1) is 22.6 Å². The molecule has 0 atom stereocenters. The van der Waals surface area contributed by atoms with Crippen molar-refractivity contribution in [3.63, 3.8) is 0 Å². The van der Waals surface area contributed by atoms with Gasteiger partial charge in [0.15, 0.2) is 5.82 Å². The van der Waals surface area contributed by atoms with Crippen molar-refractivity contribution >= 4 is 21.7 Å². The lowest BCUT2D eigenvalue weighted by atomic mass is 9.91. The van der Waals surface area contributed by atoms with E-state index in [0.717, 1.165) is 77.9 Å². The van der Waals surface area contributed by atoms with E-state index in [9.17, 15) is 0 Å². The minimum atomic E-state index is 0.690. The van der Waals surface area contributed by atoms with Gasteiger partial charge in [-0.15, -0.1) is 0 Å². The van der Waals surface area contributed by atoms with Crippen molar-refractivity contribution in [2.24, 2.45) is 0 Å². The Bertz CT molecular complexity index is 3000. The molecule has 0 bridgehead atoms. The standard InChI is InChI=1S/C53H35N3/c1-5-16-36(17-6-1)40-24-14-27-44(33-40)53-55-49(38-20-9-3-10-21-38)35-50(56-53)43-26-13-25-41(32-43)42-30-31-48-47(34-42)51-45(37-18-7-2-8-19-37)28-15-29-46(51)52(54-48)39-22-11-4-12-23-39/h1-35H. The summed E-state index contributed by atoms with van der Waals surface area (Å²) < 4.78 is 0. The number of aromatic nitrogens is 3. The summed E-state index contributed by atoms with van der Waals surface area (Å²) in [6.07, 6.45) is 0. The molecule has 0 spiro atoms. The molecule has 3 nitrogen and oxygen atoms in total. The van der Waals surface area contributed by atoms with E-state index < -0.39 is 0 Å². The van der Waals surface area contributed by atoms with E-state index in [2.05, 4.69) is 200 Å². The third-order valence-corrected chi connectivity index (χ3v) is 10.5. The van der Waals surface area contributed by atoms with Crippen molar-refractivity contribution in [3.05, 3.63) is 212 Å². The molecule has 0 fully saturated rings. The third kappa shape index (κ3) is 6.31. The number of benzene rings is 8. The largest absolute Gasteiger partial charge is 0.247 e. The molecule has 10 aromatic rings. The summed E-state index contributed by atoms with van der Waals surface area (Å²) in [5, 5.41) is 3.46. The summed E-state index contributed by atoms with van der Waals surface area (Å²) in [7, 11) is 0. The zero-order valence-electron chi connectivity index (χ0n) is 30.5. The van der Waals surface area contributed by atoms with Crippen LogP contribution in [0.3, 0.4) is 0 Å². The van der Waals surface area contributed by atoms with Crippen LogP contribution in [-0.4, -0.2) is 15.0 Å². The van der Waals surface area contributed by atoms with Crippen molar-refractivity contribution in [1.82, 2.24) is 15.0 Å². The highest BCUT2D eigenvalue weighted by Crippen LogP contribution is 2.40. The fourth-order valence-corrected chi connectivity index (χ4v) is 7.72. The van der Waals surface area contributed by atoms with Crippen LogP contribution >= 0.6 is 0 Å². The van der Waals surface area contributed by atoms with Gasteiger partial charge in [0.25, 0.3) is 0 Å². The first kappa shape index (κ1) is 33.1. The molecule has 3 heteroatoms. The Labute approximate surface area is 326 Å². The number of nitrogens with zero attached hydrogens (tertiary/aromatic N) is 3. The highest BCUT2D eigenvalue weighted by Gasteiger charge is 2.17. The predicted octanol–water partition coefficient (Wildman–Crippen LogP) is 13.8. The second-order valence-corrected chi connectivity index (χ2v) is 14.0. The van der Waals surface area contributed by atoms with Gasteiger partial charge in [0.1, 0.15) is 0 Å². The second-order valence-electron chi connectivity index (χ2n) is 14.0. The molecule has 0 saturated carbocycles. The van der Waals surface area contributed by atoms with Crippen molar-refractivity contribution in [3.8, 4) is 78.5 Å². The molecule has 262 valence electrons. The summed E-state index contributed by atoms with van der Waals surface area (Å²) >= 11 is 0. The summed E-state index contributed by atoms with van der Waals surface area (Å²) in [5.74, 6) is 0.690. The van der Waals surface area contributed by atoms with Crippen molar-refractivity contribution < 1.29 is 0 Å². The summed E-state index contributed by atoms with van der Waals surface area (Å²) in [6.45, 7) is 0. The van der Waals surface area contributed by atoms with Crippen LogP contribution in [0.4, 0.5) is 0 Å². The van der Waals surface area contributed by atoms with Gasteiger partial charge in [-0.2, -0.15) is 0 Å². The lowest BCUT2D eigenvalue weighted by Gasteiger charge is -2.15. The minimum Gasteiger partial charge on any atom is -0.247 e. The van der Waals surface area contributed by atoms with Crippen LogP contribution < -0.4 is 0 Å². The topological polar surface area (TPSA) is 38.7 Å². The Kier molecular flexibility index (Phi) is 8.51. The molecule has 0 saturated heterocycles. The van der Waals surface area contributed by atoms with Gasteiger partial charge >= 0.3 is 0 Å². The Morgan fingerprint density at radius 1 is 0.268 bits per heavy atom. The molecule has 2 aromatic heterocycles. The average Bonchev–Trinajstić information content (AvgIpc) is 3.29. The molecule has 2 heterocycles. The van der Waals surface area contributed by atoms with Crippen LogP contribution in [0.1, 0.15) is 0 Å². The molecule has 0 aliphatic heterocycles. The quantitative estimate of drug-likeness (QED) is 0.154. The third-order valence-electron chi connectivity index (χ3n) is 10.5. The van der Waals surface area contributed by atoms with Crippen LogP contribution in [0, 0.1) is 0 Å². The highest BCUT2D eigenvalue weighted by atomic mass is 14.9. The molecule has 0 radical (unpaired) electrons. The van der Waals surface area contributed by atoms with E-state index in [0.29, 0.717) is 5.82 Å². The molecule has 0 unspecified atom stereocenters. The van der Waals surface area contributed by atoms with Gasteiger partial charge in [-0.1, -0.05) is 182 Å². The first-order valence-corrected chi connectivity index (χ1v) is 18.9. The highest BCUT2D eigenvalue weighted by molar-refractivity contribution is 6.17. The lowest BCUT2D eigenvalue weighted by molar-refractivity contribution is 1.18. The van der Waals surface area contributed by atoms with Gasteiger partial charge in [-0.3, -0.25) is 0 Å². The Hall–Kier alpha value is -7.49. The fourth-order valence-electron chi connectivity index (χ4n) is 7.72. The average molecular weight is 714 g/mol. The van der Waals surface area contributed by atoms with Crippen molar-refractivity contribution in [2.45, 2.75) is 0 Å². The first-order chi connectivity index (χ1) is 27.7. The molecule has 0 N–H and O–H groups in total. The fraction of sp³-hybridized carbons (Fsp3) is 0. The molecule has 0 aliphatic carbocycles. The number of hydrogen-bond acceptors (Lipinski definition) is 3. The number of pyridine rings is 1. The van der Waals surface area contributed by atoms with Crippen molar-refractivity contribution in [2.75, 3.05) is 0 Å². The van der Waals surface area contributed by atoms with Gasteiger partial charge in [0.2, 0.25) is 0 Å². The van der Waals surface area contributed by atoms with Gasteiger partial charge in [-0.05, 0) is 63.7 Å². The van der Waals surface area contributed by atoms with Crippen molar-refractivity contribution in [1.29, 1.82) is 0 Å². The number of rotatable bonds is 7. The van der Waals surface area contributed by atoms with Crippen LogP contribution in [0.25, 0.3) is 100 Å². The smallest absolute Gasteiger partial charge is 0.160 e. The molecular weight excluding hydrogens is 679 g/mol. The van der Waals surface area contributed by atoms with Gasteiger partial charge in [-0.25, -0.2) is 15.0 Å². The molecular formula is C53H35N3. The maximum absolute atomic E-state index is 5.29. The molecule has 0 amide bonds.